The molecule has 0 fully saturated rings. The molecule has 2 atom stereocenters. The van der Waals surface area contributed by atoms with Crippen molar-refractivity contribution in [1.29, 1.82) is 0 Å². The van der Waals surface area contributed by atoms with Crippen LogP contribution in [0, 0.1) is 11.7 Å². The van der Waals surface area contributed by atoms with Crippen LogP contribution >= 0.6 is 11.6 Å². The van der Waals surface area contributed by atoms with Crippen LogP contribution in [0.25, 0.3) is 27.2 Å². The van der Waals surface area contributed by atoms with E-state index in [1.165, 1.54) is 23.3 Å². The summed E-state index contributed by atoms with van der Waals surface area (Å²) in [5.74, 6) is 1.04. The molecule has 228 valence electrons. The minimum atomic E-state index is -0.258. The van der Waals surface area contributed by atoms with Gasteiger partial charge in [0.15, 0.2) is 6.29 Å². The Morgan fingerprint density at radius 1 is 1.16 bits per heavy atom. The lowest BCUT2D eigenvalue weighted by atomic mass is 9.86. The molecule has 1 aliphatic heterocycles. The normalized spacial score (nSPS) is 17.5. The van der Waals surface area contributed by atoms with Gasteiger partial charge >= 0.3 is 0 Å². The van der Waals surface area contributed by atoms with Crippen LogP contribution in [0.4, 0.5) is 4.39 Å². The Kier molecular flexibility index (Phi) is 9.34. The van der Waals surface area contributed by atoms with Crippen molar-refractivity contribution in [3.63, 3.8) is 0 Å². The zero-order valence-electron chi connectivity index (χ0n) is 26.5. The molecule has 4 aromatic rings. The van der Waals surface area contributed by atoms with Crippen LogP contribution in [0.1, 0.15) is 75.0 Å². The van der Waals surface area contributed by atoms with Crippen LogP contribution in [0.2, 0.25) is 5.02 Å². The molecule has 0 radical (unpaired) electrons. The zero-order chi connectivity index (χ0) is 30.9. The number of aryl methyl sites for hydroxylation is 2. The van der Waals surface area contributed by atoms with Crippen molar-refractivity contribution in [2.45, 2.75) is 72.4 Å². The molecule has 5 rings (SSSR count). The number of aldehydes is 1. The molecule has 6 heteroatoms. The molecule has 0 spiro atoms. The number of hydrogen-bond acceptors (Lipinski definition) is 2. The summed E-state index contributed by atoms with van der Waals surface area (Å²) in [6.45, 7) is 11.4. The third-order valence-electron chi connectivity index (χ3n) is 9.87. The van der Waals surface area contributed by atoms with Crippen LogP contribution in [0.3, 0.4) is 0 Å². The van der Waals surface area contributed by atoms with E-state index in [-0.39, 0.29) is 11.9 Å². The van der Waals surface area contributed by atoms with Crippen LogP contribution < -0.4 is 4.74 Å². The molecule has 0 aliphatic carbocycles. The third-order valence-corrected chi connectivity index (χ3v) is 10.2. The number of carbonyl (C=O) groups is 1. The molecule has 2 heterocycles. The van der Waals surface area contributed by atoms with Gasteiger partial charge in [-0.3, -0.25) is 4.79 Å². The van der Waals surface area contributed by atoms with Gasteiger partial charge in [-0.2, -0.15) is 0 Å². The van der Waals surface area contributed by atoms with E-state index in [1.807, 2.05) is 24.3 Å². The van der Waals surface area contributed by atoms with E-state index in [9.17, 15) is 9.18 Å². The summed E-state index contributed by atoms with van der Waals surface area (Å²) < 4.78 is 23.1. The summed E-state index contributed by atoms with van der Waals surface area (Å²) in [5, 5.41) is 3.56. The Hall–Kier alpha value is -3.15. The number of benzene rings is 3. The average molecular weight is 604 g/mol. The van der Waals surface area contributed by atoms with Crippen molar-refractivity contribution < 1.29 is 18.4 Å². The Balaban J connectivity index is 1.54. The summed E-state index contributed by atoms with van der Waals surface area (Å²) in [6.07, 6.45) is 5.60. The molecule has 0 saturated heterocycles. The molecule has 4 nitrogen and oxygen atoms in total. The maximum Gasteiger partial charge on any atom is 0.166 e. The highest BCUT2D eigenvalue weighted by atomic mass is 35.5. The van der Waals surface area contributed by atoms with Crippen molar-refractivity contribution in [1.82, 2.24) is 4.57 Å². The molecule has 3 aromatic carbocycles. The first-order chi connectivity index (χ1) is 20.6. The average Bonchev–Trinajstić information content (AvgIpc) is 3.29. The Morgan fingerprint density at radius 2 is 1.93 bits per heavy atom. The van der Waals surface area contributed by atoms with Gasteiger partial charge in [0.2, 0.25) is 0 Å². The smallest absolute Gasteiger partial charge is 0.166 e. The Morgan fingerprint density at radius 3 is 2.67 bits per heavy atom. The summed E-state index contributed by atoms with van der Waals surface area (Å²) in [6, 6.07) is 14.9. The van der Waals surface area contributed by atoms with Crippen LogP contribution in [-0.2, 0) is 13.0 Å². The lowest BCUT2D eigenvalue weighted by Gasteiger charge is -2.42. The molecule has 2 unspecified atom stereocenters. The number of aromatic nitrogens is 1. The fourth-order valence-corrected chi connectivity index (χ4v) is 6.90. The predicted octanol–water partition coefficient (Wildman–Crippen LogP) is 9.49. The molecule has 0 bridgehead atoms. The molecule has 0 amide bonds. The second kappa shape index (κ2) is 12.8. The lowest BCUT2D eigenvalue weighted by molar-refractivity contribution is -0.905. The monoisotopic (exact) mass is 603 g/mol. The largest absolute Gasteiger partial charge is 0.493 e. The maximum atomic E-state index is 13.8. The summed E-state index contributed by atoms with van der Waals surface area (Å²) >= 11 is 7.09. The van der Waals surface area contributed by atoms with Crippen molar-refractivity contribution in [3.8, 4) is 5.75 Å². The predicted molar refractivity (Wildman–Crippen MR) is 178 cm³/mol. The van der Waals surface area contributed by atoms with Crippen molar-refractivity contribution in [2.24, 2.45) is 5.92 Å². The number of nitrogens with zero attached hydrogens (tertiary/aromatic N) is 2. The van der Waals surface area contributed by atoms with Gasteiger partial charge in [0.05, 0.1) is 43.5 Å². The molecule has 1 aliphatic rings. The van der Waals surface area contributed by atoms with Gasteiger partial charge in [-0.05, 0) is 80.3 Å². The highest BCUT2D eigenvalue weighted by molar-refractivity contribution is 6.34. The van der Waals surface area contributed by atoms with E-state index in [4.69, 9.17) is 16.3 Å². The first kappa shape index (κ1) is 31.3. The van der Waals surface area contributed by atoms with Gasteiger partial charge in [0.25, 0.3) is 0 Å². The number of hydrogen-bond donors (Lipinski definition) is 0. The highest BCUT2D eigenvalue weighted by Gasteiger charge is 2.36. The van der Waals surface area contributed by atoms with Crippen LogP contribution in [-0.4, -0.2) is 48.6 Å². The number of likely N-dealkylation sites (N-methyl/N-ethyl adjacent to an activating group) is 1. The van der Waals surface area contributed by atoms with Crippen molar-refractivity contribution >= 4 is 45.1 Å². The lowest BCUT2D eigenvalue weighted by Crippen LogP contribution is -2.51. The quantitative estimate of drug-likeness (QED) is 0.0971. The van der Waals surface area contributed by atoms with Gasteiger partial charge in [-0.15, -0.1) is 0 Å². The van der Waals surface area contributed by atoms with Crippen molar-refractivity contribution in [3.05, 3.63) is 81.8 Å². The molecule has 1 aromatic heterocycles. The van der Waals surface area contributed by atoms with Gasteiger partial charge in [-0.25, -0.2) is 4.39 Å². The number of rotatable bonds is 11. The molecule has 0 saturated carbocycles. The van der Waals surface area contributed by atoms with E-state index < -0.39 is 0 Å². The summed E-state index contributed by atoms with van der Waals surface area (Å²) in [4.78, 5) is 12.8. The second-order valence-electron chi connectivity index (χ2n) is 12.9. The number of ether oxygens (including phenoxy) is 1. The first-order valence-corrected chi connectivity index (χ1v) is 16.1. The molecular weight excluding hydrogens is 559 g/mol. The Bertz CT molecular complexity index is 1690. The summed E-state index contributed by atoms with van der Waals surface area (Å²) in [5.41, 5.74) is 6.69. The van der Waals surface area contributed by atoms with Gasteiger partial charge in [0.1, 0.15) is 17.6 Å². The topological polar surface area (TPSA) is 31.2 Å². The number of carbonyl (C=O) groups excluding carboxylic acids is 1. The first-order valence-electron chi connectivity index (χ1n) is 15.7. The van der Waals surface area contributed by atoms with Crippen molar-refractivity contribution in [2.75, 3.05) is 27.2 Å². The number of fused-ring (bicyclic) bond motifs is 2. The third kappa shape index (κ3) is 6.12. The fraction of sp³-hybridized carbons (Fsp3) is 0.432. The van der Waals surface area contributed by atoms with E-state index in [2.05, 4.69) is 52.4 Å². The minimum Gasteiger partial charge on any atom is -0.493 e. The molecular formula is C37H45ClFN2O2+. The van der Waals surface area contributed by atoms with E-state index in [1.54, 1.807) is 6.07 Å². The van der Waals surface area contributed by atoms with Gasteiger partial charge in [-0.1, -0.05) is 55.6 Å². The number of quaternary nitrogens is 1. The second-order valence-corrected chi connectivity index (χ2v) is 13.4. The standard InChI is InChI=1S/C37H45ClFN2O2/c1-7-24(2)17-19-40-33(23-42)30(11-9-21-43-34-12-8-10-27-22-28(39)13-14-29(27)34)31-15-16-32(38)36(37(31)40)35-25(3)18-20-41(5,6)26(35)4/h8,10,12-16,22-24,26H,7,9,11,17-21H2,1-6H3/q+1. The highest BCUT2D eigenvalue weighted by Crippen LogP contribution is 2.43. The number of halogens is 2. The van der Waals surface area contributed by atoms with E-state index >= 15 is 0 Å². The van der Waals surface area contributed by atoms with E-state index in [0.29, 0.717) is 18.9 Å². The molecule has 43 heavy (non-hydrogen) atoms. The zero-order valence-corrected chi connectivity index (χ0v) is 27.2. The van der Waals surface area contributed by atoms with Crippen LogP contribution in [0.5, 0.6) is 5.75 Å². The minimum absolute atomic E-state index is 0.258. The SMILES string of the molecule is CCC(C)CCn1c(C=O)c(CCCOc2cccc3cc(F)ccc23)c2ccc(Cl)c(C3=C(C)CC[N+](C)(C)C3C)c21. The fourth-order valence-electron chi connectivity index (χ4n) is 6.65. The Labute approximate surface area is 260 Å². The van der Waals surface area contributed by atoms with Gasteiger partial charge < -0.3 is 13.8 Å². The maximum absolute atomic E-state index is 13.8. The van der Waals surface area contributed by atoms with Crippen LogP contribution in [0.15, 0.2) is 54.1 Å². The molecule has 0 N–H and O–H groups in total. The van der Waals surface area contributed by atoms with E-state index in [0.717, 1.165) is 98.8 Å². The summed E-state index contributed by atoms with van der Waals surface area (Å²) in [7, 11) is 4.59. The van der Waals surface area contributed by atoms with Gasteiger partial charge in [0, 0.05) is 34.9 Å².